The molecule has 176 valence electrons. The monoisotopic (exact) mass is 461 g/mol. The van der Waals surface area contributed by atoms with E-state index in [2.05, 4.69) is 5.32 Å². The van der Waals surface area contributed by atoms with E-state index in [1.807, 2.05) is 13.8 Å². The van der Waals surface area contributed by atoms with E-state index in [1.54, 1.807) is 12.0 Å². The Kier molecular flexibility index (Phi) is 5.73. The molecule has 2 atom stereocenters. The summed E-state index contributed by atoms with van der Waals surface area (Å²) in [4.78, 5) is 40.4. The molecule has 8 nitrogen and oxygen atoms in total. The first-order chi connectivity index (χ1) is 15.6. The molecule has 1 aromatic carbocycles. The van der Waals surface area contributed by atoms with E-state index in [9.17, 15) is 28.3 Å². The highest BCUT2D eigenvalue weighted by Gasteiger charge is 2.63. The van der Waals surface area contributed by atoms with Gasteiger partial charge in [-0.2, -0.15) is 0 Å². The summed E-state index contributed by atoms with van der Waals surface area (Å²) in [5.41, 5.74) is -2.02. The smallest absolute Gasteiger partial charge is 0.275 e. The minimum Gasteiger partial charge on any atom is -0.503 e. The summed E-state index contributed by atoms with van der Waals surface area (Å²) >= 11 is 0. The highest BCUT2D eigenvalue weighted by molar-refractivity contribution is 5.99. The number of amides is 2. The number of nitrogens with zero attached hydrogens (tertiary/aromatic N) is 2. The van der Waals surface area contributed by atoms with Gasteiger partial charge in [0.25, 0.3) is 11.8 Å². The van der Waals surface area contributed by atoms with Crippen LogP contribution in [0, 0.1) is 17.6 Å². The first kappa shape index (κ1) is 22.9. The molecule has 1 spiro atoms. The lowest BCUT2D eigenvalue weighted by Crippen LogP contribution is -2.55. The molecule has 10 heteroatoms. The maximum atomic E-state index is 13.9. The Balaban J connectivity index is 1.66. The maximum absolute atomic E-state index is 13.9. The van der Waals surface area contributed by atoms with Crippen molar-refractivity contribution in [3.8, 4) is 5.75 Å². The van der Waals surface area contributed by atoms with Crippen molar-refractivity contribution in [3.63, 3.8) is 0 Å². The maximum Gasteiger partial charge on any atom is 0.275 e. The predicted molar refractivity (Wildman–Crippen MR) is 114 cm³/mol. The number of benzene rings is 1. The van der Waals surface area contributed by atoms with Crippen molar-refractivity contribution in [2.45, 2.75) is 44.9 Å². The normalized spacial score (nSPS) is 21.5. The minimum absolute atomic E-state index is 0.0362. The standard InChI is InChI=1S/C23H25F2N3O5/c1-12(2)28-22(32)18-20(30)19(29)16(9-27(18)11-23(28)7-14(23)10-33-3)21(31)26-8-13-4-5-15(24)6-17(13)25/h4-6,9,12,14,30H,7-8,10-11H2,1-3H3,(H,26,31)/t14-,23-/m1/s1. The first-order valence-corrected chi connectivity index (χ1v) is 10.6. The van der Waals surface area contributed by atoms with Gasteiger partial charge in [0, 0.05) is 50.0 Å². The summed E-state index contributed by atoms with van der Waals surface area (Å²) in [6, 6.07) is 2.77. The fourth-order valence-corrected chi connectivity index (χ4v) is 4.80. The van der Waals surface area contributed by atoms with Crippen LogP contribution in [0.3, 0.4) is 0 Å². The molecular weight excluding hydrogens is 436 g/mol. The third-order valence-corrected chi connectivity index (χ3v) is 6.38. The summed E-state index contributed by atoms with van der Waals surface area (Å²) in [5.74, 6) is -3.62. The van der Waals surface area contributed by atoms with Gasteiger partial charge in [-0.3, -0.25) is 14.4 Å². The summed E-state index contributed by atoms with van der Waals surface area (Å²) in [5, 5.41) is 13.0. The van der Waals surface area contributed by atoms with Crippen molar-refractivity contribution >= 4 is 11.8 Å². The molecule has 2 heterocycles. The summed E-state index contributed by atoms with van der Waals surface area (Å²) < 4.78 is 33.7. The van der Waals surface area contributed by atoms with Crippen LogP contribution in [0.25, 0.3) is 0 Å². The number of carbonyl (C=O) groups excluding carboxylic acids is 2. The van der Waals surface area contributed by atoms with E-state index in [0.29, 0.717) is 25.6 Å². The topological polar surface area (TPSA) is 101 Å². The Hall–Kier alpha value is -3.27. The van der Waals surface area contributed by atoms with Crippen LogP contribution < -0.4 is 10.7 Å². The van der Waals surface area contributed by atoms with E-state index in [-0.39, 0.29) is 35.3 Å². The molecule has 1 aromatic heterocycles. The molecule has 33 heavy (non-hydrogen) atoms. The van der Waals surface area contributed by atoms with E-state index in [0.717, 1.165) is 6.07 Å². The van der Waals surface area contributed by atoms with Crippen LogP contribution in [0.15, 0.2) is 29.2 Å². The molecule has 1 aliphatic heterocycles. The number of aromatic nitrogens is 1. The van der Waals surface area contributed by atoms with E-state index >= 15 is 0 Å². The van der Waals surface area contributed by atoms with Gasteiger partial charge >= 0.3 is 0 Å². The number of halogens is 2. The fourth-order valence-electron chi connectivity index (χ4n) is 4.80. The Morgan fingerprint density at radius 3 is 2.70 bits per heavy atom. The zero-order chi connectivity index (χ0) is 24.1. The lowest BCUT2D eigenvalue weighted by Gasteiger charge is -2.42. The van der Waals surface area contributed by atoms with Gasteiger partial charge in [-0.05, 0) is 26.3 Å². The van der Waals surface area contributed by atoms with Crippen LogP contribution in [0.2, 0.25) is 0 Å². The lowest BCUT2D eigenvalue weighted by atomic mass is 10.0. The molecule has 1 aliphatic carbocycles. The minimum atomic E-state index is -0.990. The van der Waals surface area contributed by atoms with Crippen LogP contribution in [0.4, 0.5) is 8.78 Å². The second kappa shape index (κ2) is 8.26. The van der Waals surface area contributed by atoms with Crippen molar-refractivity contribution in [2.24, 2.45) is 5.92 Å². The van der Waals surface area contributed by atoms with Crippen LogP contribution >= 0.6 is 0 Å². The lowest BCUT2D eigenvalue weighted by molar-refractivity contribution is 0.0376. The molecule has 1 fully saturated rings. The first-order valence-electron chi connectivity index (χ1n) is 10.6. The number of pyridine rings is 1. The van der Waals surface area contributed by atoms with E-state index in [4.69, 9.17) is 4.74 Å². The second-order valence-electron chi connectivity index (χ2n) is 8.84. The van der Waals surface area contributed by atoms with Crippen LogP contribution in [0.5, 0.6) is 5.75 Å². The number of hydrogen-bond acceptors (Lipinski definition) is 5. The Morgan fingerprint density at radius 1 is 1.33 bits per heavy atom. The number of nitrogens with one attached hydrogen (secondary N) is 1. The summed E-state index contributed by atoms with van der Waals surface area (Å²) in [7, 11) is 1.58. The van der Waals surface area contributed by atoms with Gasteiger partial charge in [0.15, 0.2) is 11.4 Å². The molecule has 0 bridgehead atoms. The average Bonchev–Trinajstić information content (AvgIpc) is 3.40. The predicted octanol–water partition coefficient (Wildman–Crippen LogP) is 2.03. The molecule has 2 N–H and O–H groups in total. The Morgan fingerprint density at radius 2 is 2.06 bits per heavy atom. The average molecular weight is 461 g/mol. The number of hydrogen-bond donors (Lipinski definition) is 2. The summed E-state index contributed by atoms with van der Waals surface area (Å²) in [6.45, 7) is 4.19. The van der Waals surface area contributed by atoms with Gasteiger partial charge in [-0.25, -0.2) is 8.78 Å². The third-order valence-electron chi connectivity index (χ3n) is 6.38. The van der Waals surface area contributed by atoms with Crippen molar-refractivity contribution in [3.05, 3.63) is 63.1 Å². The highest BCUT2D eigenvalue weighted by atomic mass is 19.1. The molecule has 0 saturated heterocycles. The summed E-state index contributed by atoms with van der Waals surface area (Å²) in [6.07, 6.45) is 1.95. The van der Waals surface area contributed by atoms with Gasteiger partial charge in [-0.15, -0.1) is 0 Å². The van der Waals surface area contributed by atoms with Crippen LogP contribution in [-0.2, 0) is 17.8 Å². The molecule has 1 saturated carbocycles. The van der Waals surface area contributed by atoms with Gasteiger partial charge in [-0.1, -0.05) is 6.07 Å². The quantitative estimate of drug-likeness (QED) is 0.686. The number of aromatic hydroxyl groups is 1. The van der Waals surface area contributed by atoms with Crippen molar-refractivity contribution in [2.75, 3.05) is 13.7 Å². The molecule has 2 aliphatic rings. The molecule has 0 radical (unpaired) electrons. The van der Waals surface area contributed by atoms with E-state index < -0.39 is 40.2 Å². The van der Waals surface area contributed by atoms with Gasteiger partial charge < -0.3 is 24.6 Å². The largest absolute Gasteiger partial charge is 0.503 e. The molecular formula is C23H25F2N3O5. The SMILES string of the molecule is COC[C@H]1C[C@@]12Cn1cc(C(=O)NCc3ccc(F)cc3F)c(=O)c(O)c1C(=O)N2C(C)C. The number of rotatable bonds is 6. The zero-order valence-electron chi connectivity index (χ0n) is 18.5. The Bertz CT molecular complexity index is 1200. The van der Waals surface area contributed by atoms with Crippen molar-refractivity contribution < 1.29 is 28.2 Å². The van der Waals surface area contributed by atoms with Crippen molar-refractivity contribution in [1.29, 1.82) is 0 Å². The number of carbonyl (C=O) groups is 2. The number of methoxy groups -OCH3 is 1. The molecule has 0 unspecified atom stereocenters. The third kappa shape index (κ3) is 3.78. The molecule has 4 rings (SSSR count). The Labute approximate surface area is 188 Å². The number of ether oxygens (including phenoxy) is 1. The zero-order valence-corrected chi connectivity index (χ0v) is 18.5. The van der Waals surface area contributed by atoms with Gasteiger partial charge in [0.1, 0.15) is 17.2 Å². The number of fused-ring (bicyclic) bond motifs is 1. The molecule has 2 amide bonds. The van der Waals surface area contributed by atoms with Gasteiger partial charge in [0.05, 0.1) is 12.1 Å². The van der Waals surface area contributed by atoms with Crippen LogP contribution in [-0.4, -0.2) is 51.7 Å². The van der Waals surface area contributed by atoms with Crippen molar-refractivity contribution in [1.82, 2.24) is 14.8 Å². The second-order valence-corrected chi connectivity index (χ2v) is 8.84. The molecule has 2 aromatic rings. The van der Waals surface area contributed by atoms with Gasteiger partial charge in [0.2, 0.25) is 5.43 Å². The van der Waals surface area contributed by atoms with E-state index in [1.165, 1.54) is 16.8 Å². The van der Waals surface area contributed by atoms with Crippen LogP contribution in [0.1, 0.15) is 46.7 Å². The highest BCUT2D eigenvalue weighted by Crippen LogP contribution is 2.53. The fraction of sp³-hybridized carbons (Fsp3) is 0.435.